The van der Waals surface area contributed by atoms with Gasteiger partial charge in [-0.3, -0.25) is 0 Å². The van der Waals surface area contributed by atoms with Crippen LogP contribution in [0.3, 0.4) is 0 Å². The predicted molar refractivity (Wildman–Crippen MR) is 109 cm³/mol. The van der Waals surface area contributed by atoms with Crippen LogP contribution in [0.5, 0.6) is 17.2 Å². The van der Waals surface area contributed by atoms with Crippen LogP contribution in [-0.2, 0) is 6.54 Å². The summed E-state index contributed by atoms with van der Waals surface area (Å²) in [6.45, 7) is 5.72. The van der Waals surface area contributed by atoms with Gasteiger partial charge in [-0.2, -0.15) is 0 Å². The number of halogens is 1. The van der Waals surface area contributed by atoms with Crippen molar-refractivity contribution in [2.75, 3.05) is 20.3 Å². The maximum absolute atomic E-state index is 14.8. The van der Waals surface area contributed by atoms with Crippen molar-refractivity contribution in [3.63, 3.8) is 0 Å². The number of fused-ring (bicyclic) bond motifs is 3. The average Bonchev–Trinajstić information content (AvgIpc) is 3.15. The Morgan fingerprint density at radius 3 is 2.55 bits per heavy atom. The molecule has 0 saturated heterocycles. The summed E-state index contributed by atoms with van der Waals surface area (Å²) in [7, 11) is 1.59. The number of nitrogens with two attached hydrogens (primary N) is 1. The molecule has 4 rings (SSSR count). The Hall–Kier alpha value is -2.99. The van der Waals surface area contributed by atoms with Gasteiger partial charge in [-0.25, -0.2) is 4.39 Å². The van der Waals surface area contributed by atoms with Gasteiger partial charge < -0.3 is 24.1 Å². The van der Waals surface area contributed by atoms with Crippen molar-refractivity contribution in [2.45, 2.75) is 26.4 Å². The molecule has 5 nitrogen and oxygen atoms in total. The number of benzene rings is 2. The zero-order chi connectivity index (χ0) is 20.4. The van der Waals surface area contributed by atoms with E-state index >= 15 is 0 Å². The number of nitrogens with zero attached hydrogens (tertiary/aromatic N) is 1. The van der Waals surface area contributed by atoms with Crippen molar-refractivity contribution >= 4 is 0 Å². The van der Waals surface area contributed by atoms with E-state index in [9.17, 15) is 4.39 Å². The number of quaternary nitrogens is 1. The maximum atomic E-state index is 14.8. The number of ether oxygens (including phenoxy) is 3. The molecular weight excluding hydrogens is 371 g/mol. The van der Waals surface area contributed by atoms with Crippen LogP contribution in [-0.4, -0.2) is 24.9 Å². The van der Waals surface area contributed by atoms with Crippen molar-refractivity contribution < 1.29 is 23.9 Å². The molecule has 3 aromatic rings. The smallest absolute Gasteiger partial charge is 0.163 e. The third-order valence-electron chi connectivity index (χ3n) is 5.21. The highest BCUT2D eigenvalue weighted by atomic mass is 19.1. The molecule has 6 heteroatoms. The Morgan fingerprint density at radius 2 is 1.83 bits per heavy atom. The summed E-state index contributed by atoms with van der Waals surface area (Å²) < 4.78 is 33.8. The molecule has 1 aliphatic heterocycles. The predicted octanol–water partition coefficient (Wildman–Crippen LogP) is 3.59. The lowest BCUT2D eigenvalue weighted by atomic mass is 10.0. The van der Waals surface area contributed by atoms with Crippen LogP contribution >= 0.6 is 0 Å². The second-order valence-corrected chi connectivity index (χ2v) is 6.90. The van der Waals surface area contributed by atoms with E-state index in [1.165, 1.54) is 6.07 Å². The monoisotopic (exact) mass is 397 g/mol. The zero-order valence-electron chi connectivity index (χ0n) is 16.9. The van der Waals surface area contributed by atoms with Gasteiger partial charge in [0.05, 0.1) is 37.3 Å². The van der Waals surface area contributed by atoms with Crippen molar-refractivity contribution in [1.29, 1.82) is 0 Å². The Balaban J connectivity index is 1.83. The molecule has 2 N–H and O–H groups in total. The van der Waals surface area contributed by atoms with Crippen LogP contribution < -0.4 is 19.5 Å². The highest BCUT2D eigenvalue weighted by Crippen LogP contribution is 2.36. The van der Waals surface area contributed by atoms with Crippen LogP contribution in [0.4, 0.5) is 4.39 Å². The normalized spacial score (nSPS) is 15.2. The number of aromatic nitrogens is 1. The molecule has 0 fully saturated rings. The van der Waals surface area contributed by atoms with Crippen molar-refractivity contribution in [1.82, 2.24) is 4.57 Å². The molecule has 0 unspecified atom stereocenters. The summed E-state index contributed by atoms with van der Waals surface area (Å²) in [6.07, 6.45) is 2.01. The zero-order valence-corrected chi connectivity index (χ0v) is 16.9. The summed E-state index contributed by atoms with van der Waals surface area (Å²) in [5, 5.41) is 2.14. The summed E-state index contributed by atoms with van der Waals surface area (Å²) in [4.78, 5) is 0. The topological polar surface area (TPSA) is 49.2 Å². The number of rotatable bonds is 6. The SMILES string of the molecule is CCOc1cc2c(cc1OCC)-n1cccc1[C@@H](c1cc(OC)ccc1F)[NH2+]C2. The molecule has 1 aliphatic rings. The molecule has 0 aliphatic carbocycles. The van der Waals surface area contributed by atoms with E-state index in [1.807, 2.05) is 44.3 Å². The van der Waals surface area contributed by atoms with Gasteiger partial charge >= 0.3 is 0 Å². The van der Waals surface area contributed by atoms with Gasteiger partial charge in [-0.1, -0.05) is 0 Å². The van der Waals surface area contributed by atoms with Crippen LogP contribution in [0.15, 0.2) is 48.7 Å². The lowest BCUT2D eigenvalue weighted by molar-refractivity contribution is -0.702. The molecule has 2 heterocycles. The maximum Gasteiger partial charge on any atom is 0.163 e. The first-order valence-corrected chi connectivity index (χ1v) is 9.93. The van der Waals surface area contributed by atoms with Crippen LogP contribution in [0.25, 0.3) is 5.69 Å². The molecule has 1 atom stereocenters. The van der Waals surface area contributed by atoms with Crippen LogP contribution in [0, 0.1) is 5.82 Å². The van der Waals surface area contributed by atoms with Gasteiger partial charge in [-0.05, 0) is 50.2 Å². The minimum Gasteiger partial charge on any atom is -0.497 e. The summed E-state index contributed by atoms with van der Waals surface area (Å²) in [5.41, 5.74) is 3.74. The quantitative estimate of drug-likeness (QED) is 0.692. The molecule has 2 aromatic carbocycles. The van der Waals surface area contributed by atoms with E-state index in [2.05, 4.69) is 9.88 Å². The van der Waals surface area contributed by atoms with Crippen LogP contribution in [0.1, 0.15) is 36.7 Å². The number of hydrogen-bond donors (Lipinski definition) is 1. The number of methoxy groups -OCH3 is 1. The second kappa shape index (κ2) is 8.17. The summed E-state index contributed by atoms with van der Waals surface area (Å²) in [6, 6.07) is 12.8. The Bertz CT molecular complexity index is 1020. The fourth-order valence-electron chi connectivity index (χ4n) is 3.92. The average molecular weight is 397 g/mol. The van der Waals surface area contributed by atoms with E-state index in [-0.39, 0.29) is 11.9 Å². The summed E-state index contributed by atoms with van der Waals surface area (Å²) in [5.74, 6) is 1.86. The lowest BCUT2D eigenvalue weighted by Crippen LogP contribution is -2.83. The largest absolute Gasteiger partial charge is 0.497 e. The Morgan fingerprint density at radius 1 is 1.07 bits per heavy atom. The lowest BCUT2D eigenvalue weighted by Gasteiger charge is -2.17. The first-order valence-electron chi connectivity index (χ1n) is 9.93. The van der Waals surface area contributed by atoms with Crippen LogP contribution in [0.2, 0.25) is 0 Å². The van der Waals surface area contributed by atoms with E-state index in [0.717, 1.165) is 28.4 Å². The van der Waals surface area contributed by atoms with E-state index in [4.69, 9.17) is 14.2 Å². The third-order valence-corrected chi connectivity index (χ3v) is 5.21. The minimum atomic E-state index is -0.240. The first-order chi connectivity index (χ1) is 14.2. The van der Waals surface area contributed by atoms with E-state index in [0.29, 0.717) is 31.1 Å². The van der Waals surface area contributed by atoms with E-state index in [1.54, 1.807) is 19.2 Å². The molecular formula is C23H26FN2O3+. The molecule has 29 heavy (non-hydrogen) atoms. The van der Waals surface area contributed by atoms with E-state index < -0.39 is 0 Å². The molecule has 0 saturated carbocycles. The minimum absolute atomic E-state index is 0.196. The van der Waals surface area contributed by atoms with Crippen molar-refractivity contribution in [3.05, 3.63) is 71.3 Å². The van der Waals surface area contributed by atoms with Gasteiger partial charge in [-0.15, -0.1) is 0 Å². The third kappa shape index (κ3) is 3.56. The molecule has 0 spiro atoms. The highest BCUT2D eigenvalue weighted by molar-refractivity contribution is 5.56. The second-order valence-electron chi connectivity index (χ2n) is 6.90. The standard InChI is InChI=1S/C23H25FN2O3/c1-4-28-21-11-15-14-25-23(17-12-16(27-3)8-9-18(17)24)19-7-6-10-26(19)20(15)13-22(21)29-5-2/h6-13,23,25H,4-5,14H2,1-3H3/p+1/t23-/m1/s1. The fourth-order valence-corrected chi connectivity index (χ4v) is 3.92. The van der Waals surface area contributed by atoms with Crippen molar-refractivity contribution in [3.8, 4) is 22.9 Å². The number of hydrogen-bond acceptors (Lipinski definition) is 3. The summed E-state index contributed by atoms with van der Waals surface area (Å²) >= 11 is 0. The van der Waals surface area contributed by atoms with Gasteiger partial charge in [0.1, 0.15) is 18.1 Å². The fraction of sp³-hybridized carbons (Fsp3) is 0.304. The highest BCUT2D eigenvalue weighted by Gasteiger charge is 2.30. The first kappa shape index (κ1) is 19.3. The van der Waals surface area contributed by atoms with Gasteiger partial charge in [0, 0.05) is 17.8 Å². The van der Waals surface area contributed by atoms with Gasteiger partial charge in [0.25, 0.3) is 0 Å². The van der Waals surface area contributed by atoms with Crippen molar-refractivity contribution in [2.24, 2.45) is 0 Å². The molecule has 1 aromatic heterocycles. The molecule has 152 valence electrons. The Kier molecular flexibility index (Phi) is 5.45. The Labute approximate surface area is 170 Å². The molecule has 0 radical (unpaired) electrons. The van der Waals surface area contributed by atoms with Gasteiger partial charge in [0.15, 0.2) is 17.5 Å². The molecule has 0 bridgehead atoms. The molecule has 0 amide bonds. The van der Waals surface area contributed by atoms with Gasteiger partial charge in [0.2, 0.25) is 0 Å².